The van der Waals surface area contributed by atoms with Crippen molar-refractivity contribution in [2.45, 2.75) is 57.5 Å². The standard InChI is InChI=1S/C22H28N2O/c23-22(25)20-8-6-7-19(15-20)18-13-11-17(12-14-18)16-24-21-9-4-2-1-3-5-10-21/h6-8,11-15,21,24H,1-5,9-10,16H2,(H2,23,25). The molecule has 0 saturated heterocycles. The van der Waals surface area contributed by atoms with Crippen LogP contribution in [0.1, 0.15) is 60.9 Å². The molecule has 3 rings (SSSR count). The third-order valence-electron chi connectivity index (χ3n) is 5.13. The van der Waals surface area contributed by atoms with Crippen molar-refractivity contribution in [3.05, 3.63) is 59.7 Å². The van der Waals surface area contributed by atoms with Crippen molar-refractivity contribution in [3.63, 3.8) is 0 Å². The molecule has 0 aromatic heterocycles. The van der Waals surface area contributed by atoms with Crippen LogP contribution in [-0.4, -0.2) is 11.9 Å². The van der Waals surface area contributed by atoms with Gasteiger partial charge in [-0.2, -0.15) is 0 Å². The molecule has 132 valence electrons. The quantitative estimate of drug-likeness (QED) is 0.834. The van der Waals surface area contributed by atoms with Crippen LogP contribution in [0.5, 0.6) is 0 Å². The lowest BCUT2D eigenvalue weighted by molar-refractivity contribution is 0.100. The van der Waals surface area contributed by atoms with Gasteiger partial charge in [0.25, 0.3) is 0 Å². The average Bonchev–Trinajstić information content (AvgIpc) is 2.61. The first-order valence-electron chi connectivity index (χ1n) is 9.45. The Balaban J connectivity index is 1.60. The van der Waals surface area contributed by atoms with E-state index in [1.807, 2.05) is 18.2 Å². The molecule has 3 nitrogen and oxygen atoms in total. The fourth-order valence-electron chi connectivity index (χ4n) is 3.59. The molecule has 0 heterocycles. The molecule has 1 aliphatic carbocycles. The molecule has 25 heavy (non-hydrogen) atoms. The van der Waals surface area contributed by atoms with E-state index in [0.717, 1.165) is 17.7 Å². The summed E-state index contributed by atoms with van der Waals surface area (Å²) in [5.74, 6) is -0.387. The SMILES string of the molecule is NC(=O)c1cccc(-c2ccc(CNC3CCCCCCC3)cc2)c1. The Bertz CT molecular complexity index is 685. The van der Waals surface area contributed by atoms with Crippen molar-refractivity contribution in [3.8, 4) is 11.1 Å². The molecule has 0 spiro atoms. The van der Waals surface area contributed by atoms with Crippen LogP contribution in [0.4, 0.5) is 0 Å². The summed E-state index contributed by atoms with van der Waals surface area (Å²) in [6, 6.07) is 16.7. The van der Waals surface area contributed by atoms with Gasteiger partial charge in [0.1, 0.15) is 0 Å². The number of hydrogen-bond donors (Lipinski definition) is 2. The Morgan fingerprint density at radius 1 is 0.920 bits per heavy atom. The molecular formula is C22H28N2O. The molecule has 1 saturated carbocycles. The summed E-state index contributed by atoms with van der Waals surface area (Å²) in [4.78, 5) is 11.3. The molecule has 2 aromatic carbocycles. The van der Waals surface area contributed by atoms with Crippen LogP contribution >= 0.6 is 0 Å². The highest BCUT2D eigenvalue weighted by Crippen LogP contribution is 2.22. The van der Waals surface area contributed by atoms with E-state index in [1.54, 1.807) is 6.07 Å². The van der Waals surface area contributed by atoms with Crippen LogP contribution in [-0.2, 0) is 6.54 Å². The highest BCUT2D eigenvalue weighted by Gasteiger charge is 2.10. The third-order valence-corrected chi connectivity index (χ3v) is 5.13. The predicted molar refractivity (Wildman–Crippen MR) is 103 cm³/mol. The normalized spacial score (nSPS) is 16.2. The van der Waals surface area contributed by atoms with Crippen LogP contribution < -0.4 is 11.1 Å². The van der Waals surface area contributed by atoms with Crippen LogP contribution in [0.2, 0.25) is 0 Å². The number of nitrogens with one attached hydrogen (secondary N) is 1. The van der Waals surface area contributed by atoms with E-state index in [9.17, 15) is 4.79 Å². The van der Waals surface area contributed by atoms with E-state index < -0.39 is 0 Å². The van der Waals surface area contributed by atoms with E-state index in [-0.39, 0.29) is 5.91 Å². The van der Waals surface area contributed by atoms with Crippen molar-refractivity contribution >= 4 is 5.91 Å². The number of amides is 1. The zero-order chi connectivity index (χ0) is 17.5. The number of nitrogens with two attached hydrogens (primary N) is 1. The van der Waals surface area contributed by atoms with Crippen molar-refractivity contribution < 1.29 is 4.79 Å². The van der Waals surface area contributed by atoms with E-state index in [0.29, 0.717) is 11.6 Å². The van der Waals surface area contributed by atoms with Crippen LogP contribution in [0, 0.1) is 0 Å². The summed E-state index contributed by atoms with van der Waals surface area (Å²) in [5, 5.41) is 3.73. The summed E-state index contributed by atoms with van der Waals surface area (Å²) in [5.41, 5.74) is 9.35. The van der Waals surface area contributed by atoms with E-state index >= 15 is 0 Å². The largest absolute Gasteiger partial charge is 0.366 e. The second-order valence-electron chi connectivity index (χ2n) is 7.06. The molecule has 0 bridgehead atoms. The van der Waals surface area contributed by atoms with Crippen molar-refractivity contribution in [1.29, 1.82) is 0 Å². The summed E-state index contributed by atoms with van der Waals surface area (Å²) in [6.07, 6.45) is 9.50. The lowest BCUT2D eigenvalue weighted by Gasteiger charge is -2.21. The second kappa shape index (κ2) is 8.82. The van der Waals surface area contributed by atoms with Gasteiger partial charge in [-0.3, -0.25) is 4.79 Å². The predicted octanol–water partition coefficient (Wildman–Crippen LogP) is 4.66. The van der Waals surface area contributed by atoms with E-state index in [1.165, 1.54) is 50.5 Å². The third kappa shape index (κ3) is 5.17. The number of carbonyl (C=O) groups is 1. The minimum Gasteiger partial charge on any atom is -0.366 e. The topological polar surface area (TPSA) is 55.1 Å². The molecule has 3 N–H and O–H groups in total. The molecule has 3 heteroatoms. The van der Waals surface area contributed by atoms with E-state index in [2.05, 4.69) is 29.6 Å². The van der Waals surface area contributed by atoms with Gasteiger partial charge in [0.2, 0.25) is 5.91 Å². The summed E-state index contributed by atoms with van der Waals surface area (Å²) >= 11 is 0. The fourth-order valence-corrected chi connectivity index (χ4v) is 3.59. The highest BCUT2D eigenvalue weighted by molar-refractivity contribution is 5.94. The molecule has 2 aromatic rings. The number of primary amides is 1. The molecular weight excluding hydrogens is 308 g/mol. The van der Waals surface area contributed by atoms with Gasteiger partial charge < -0.3 is 11.1 Å². The zero-order valence-electron chi connectivity index (χ0n) is 14.8. The van der Waals surface area contributed by atoms with Crippen LogP contribution in [0.25, 0.3) is 11.1 Å². The van der Waals surface area contributed by atoms with E-state index in [4.69, 9.17) is 5.73 Å². The molecule has 0 unspecified atom stereocenters. The number of benzene rings is 2. The van der Waals surface area contributed by atoms with Crippen LogP contribution in [0.3, 0.4) is 0 Å². The van der Waals surface area contributed by atoms with Crippen molar-refractivity contribution in [1.82, 2.24) is 5.32 Å². The van der Waals surface area contributed by atoms with Gasteiger partial charge in [-0.25, -0.2) is 0 Å². The monoisotopic (exact) mass is 336 g/mol. The molecule has 1 fully saturated rings. The maximum atomic E-state index is 11.3. The van der Waals surface area contributed by atoms with Gasteiger partial charge in [0.15, 0.2) is 0 Å². The van der Waals surface area contributed by atoms with Gasteiger partial charge in [0.05, 0.1) is 0 Å². The first-order chi connectivity index (χ1) is 12.2. The Labute approximate surface area is 150 Å². The Morgan fingerprint density at radius 2 is 1.60 bits per heavy atom. The maximum Gasteiger partial charge on any atom is 0.248 e. The summed E-state index contributed by atoms with van der Waals surface area (Å²) in [6.45, 7) is 0.923. The highest BCUT2D eigenvalue weighted by atomic mass is 16.1. The van der Waals surface area contributed by atoms with Crippen molar-refractivity contribution in [2.75, 3.05) is 0 Å². The zero-order valence-corrected chi connectivity index (χ0v) is 14.8. The number of hydrogen-bond acceptors (Lipinski definition) is 2. The van der Waals surface area contributed by atoms with Gasteiger partial charge in [-0.1, -0.05) is 68.5 Å². The smallest absolute Gasteiger partial charge is 0.248 e. The number of rotatable bonds is 5. The maximum absolute atomic E-state index is 11.3. The van der Waals surface area contributed by atoms with Gasteiger partial charge in [-0.05, 0) is 41.7 Å². The Morgan fingerprint density at radius 3 is 2.28 bits per heavy atom. The minimum absolute atomic E-state index is 0.387. The minimum atomic E-state index is -0.387. The molecule has 0 radical (unpaired) electrons. The lowest BCUT2D eigenvalue weighted by atomic mass is 9.96. The first kappa shape index (κ1) is 17.7. The Kier molecular flexibility index (Phi) is 6.24. The summed E-state index contributed by atoms with van der Waals surface area (Å²) < 4.78 is 0. The second-order valence-corrected chi connectivity index (χ2v) is 7.06. The van der Waals surface area contributed by atoms with Crippen molar-refractivity contribution in [2.24, 2.45) is 5.73 Å². The molecule has 1 amide bonds. The molecule has 0 atom stereocenters. The van der Waals surface area contributed by atoms with Gasteiger partial charge in [-0.15, -0.1) is 0 Å². The number of carbonyl (C=O) groups excluding carboxylic acids is 1. The van der Waals surface area contributed by atoms with Crippen LogP contribution in [0.15, 0.2) is 48.5 Å². The lowest BCUT2D eigenvalue weighted by Crippen LogP contribution is -2.29. The van der Waals surface area contributed by atoms with Gasteiger partial charge >= 0.3 is 0 Å². The van der Waals surface area contributed by atoms with Gasteiger partial charge in [0, 0.05) is 18.2 Å². The summed E-state index contributed by atoms with van der Waals surface area (Å²) in [7, 11) is 0. The molecule has 0 aliphatic heterocycles. The first-order valence-corrected chi connectivity index (χ1v) is 9.45. The fraction of sp³-hybridized carbons (Fsp3) is 0.409. The Hall–Kier alpha value is -2.13. The molecule has 1 aliphatic rings. The average molecular weight is 336 g/mol.